The summed E-state index contributed by atoms with van der Waals surface area (Å²) >= 11 is 1.81. The summed E-state index contributed by atoms with van der Waals surface area (Å²) in [5.41, 5.74) is 0.159. The van der Waals surface area contributed by atoms with Gasteiger partial charge in [-0.3, -0.25) is 0 Å². The van der Waals surface area contributed by atoms with Crippen LogP contribution >= 0.6 is 11.3 Å². The topological polar surface area (TPSA) is 30.5 Å². The third-order valence-corrected chi connectivity index (χ3v) is 3.64. The van der Waals surface area contributed by atoms with E-state index in [0.717, 1.165) is 13.2 Å². The number of rotatable bonds is 8. The molecule has 0 fully saturated rings. The van der Waals surface area contributed by atoms with Gasteiger partial charge in [0.1, 0.15) is 0 Å². The van der Waals surface area contributed by atoms with E-state index in [1.165, 1.54) is 9.75 Å². The lowest BCUT2D eigenvalue weighted by molar-refractivity contribution is -0.0107. The van der Waals surface area contributed by atoms with Gasteiger partial charge >= 0.3 is 0 Å². The fourth-order valence-electron chi connectivity index (χ4n) is 1.50. The van der Waals surface area contributed by atoms with Gasteiger partial charge in [-0.1, -0.05) is 0 Å². The highest BCUT2D eigenvalue weighted by Gasteiger charge is 2.10. The number of thiophene rings is 1. The average Bonchev–Trinajstić information content (AvgIpc) is 2.78. The normalized spacial score (nSPS) is 13.7. The van der Waals surface area contributed by atoms with Gasteiger partial charge in [-0.15, -0.1) is 11.3 Å². The molecule has 0 aliphatic rings. The van der Waals surface area contributed by atoms with Crippen LogP contribution in [0.2, 0.25) is 0 Å². The Labute approximate surface area is 121 Å². The van der Waals surface area contributed by atoms with Crippen LogP contribution in [0.1, 0.15) is 44.4 Å². The van der Waals surface area contributed by atoms with Crippen molar-refractivity contribution in [2.75, 3.05) is 13.2 Å². The molecule has 0 aliphatic carbocycles. The molecule has 1 atom stereocenters. The summed E-state index contributed by atoms with van der Waals surface area (Å²) in [7, 11) is 0. The molecule has 1 N–H and O–H groups in total. The molecule has 19 heavy (non-hydrogen) atoms. The molecule has 1 aromatic rings. The summed E-state index contributed by atoms with van der Waals surface area (Å²) in [4.78, 5) is 2.63. The van der Waals surface area contributed by atoms with E-state index in [4.69, 9.17) is 9.47 Å². The van der Waals surface area contributed by atoms with Crippen LogP contribution in [0.3, 0.4) is 0 Å². The van der Waals surface area contributed by atoms with E-state index >= 15 is 0 Å². The smallest absolute Gasteiger partial charge is 0.0814 e. The van der Waals surface area contributed by atoms with E-state index in [9.17, 15) is 0 Å². The Bertz CT molecular complexity index is 357. The average molecular weight is 285 g/mol. The van der Waals surface area contributed by atoms with Crippen LogP contribution in [0.4, 0.5) is 0 Å². The molecule has 0 aliphatic heterocycles. The number of nitrogens with one attached hydrogen (secondary N) is 1. The SMILES string of the molecule is CCOCC(C)OCc1ccc(CNC(C)(C)C)s1. The Morgan fingerprint density at radius 1 is 1.26 bits per heavy atom. The Balaban J connectivity index is 2.30. The number of ether oxygens (including phenoxy) is 2. The molecule has 4 heteroatoms. The molecule has 0 aromatic carbocycles. The van der Waals surface area contributed by atoms with Crippen LogP contribution in [0, 0.1) is 0 Å². The van der Waals surface area contributed by atoms with Gasteiger partial charge in [0.15, 0.2) is 0 Å². The second-order valence-corrected chi connectivity index (χ2v) is 7.01. The van der Waals surface area contributed by atoms with Gasteiger partial charge in [-0.05, 0) is 46.8 Å². The van der Waals surface area contributed by atoms with Crippen molar-refractivity contribution in [3.05, 3.63) is 21.9 Å². The molecule has 1 rings (SSSR count). The molecule has 0 radical (unpaired) electrons. The van der Waals surface area contributed by atoms with Crippen LogP contribution in [-0.4, -0.2) is 24.9 Å². The summed E-state index contributed by atoms with van der Waals surface area (Å²) in [6, 6.07) is 4.33. The van der Waals surface area contributed by atoms with Gasteiger partial charge in [-0.2, -0.15) is 0 Å². The van der Waals surface area contributed by atoms with E-state index in [1.54, 1.807) is 0 Å². The highest BCUT2D eigenvalue weighted by atomic mass is 32.1. The fraction of sp³-hybridized carbons (Fsp3) is 0.733. The van der Waals surface area contributed by atoms with Crippen molar-refractivity contribution in [3.8, 4) is 0 Å². The van der Waals surface area contributed by atoms with Crippen molar-refractivity contribution < 1.29 is 9.47 Å². The van der Waals surface area contributed by atoms with Gasteiger partial charge in [0.05, 0.1) is 19.3 Å². The van der Waals surface area contributed by atoms with E-state index in [2.05, 4.69) is 38.2 Å². The lowest BCUT2D eigenvalue weighted by atomic mass is 10.1. The third kappa shape index (κ3) is 7.67. The number of hydrogen-bond acceptors (Lipinski definition) is 4. The van der Waals surface area contributed by atoms with Crippen LogP contribution < -0.4 is 5.32 Å². The van der Waals surface area contributed by atoms with Crippen LogP contribution in [0.15, 0.2) is 12.1 Å². The molecule has 0 spiro atoms. The lowest BCUT2D eigenvalue weighted by Crippen LogP contribution is -2.34. The van der Waals surface area contributed by atoms with E-state index in [-0.39, 0.29) is 11.6 Å². The summed E-state index contributed by atoms with van der Waals surface area (Å²) in [6.07, 6.45) is 0.151. The van der Waals surface area contributed by atoms with E-state index < -0.39 is 0 Å². The first-order valence-electron chi connectivity index (χ1n) is 6.92. The number of hydrogen-bond donors (Lipinski definition) is 1. The fourth-order valence-corrected chi connectivity index (χ4v) is 2.38. The second-order valence-electron chi connectivity index (χ2n) is 5.75. The van der Waals surface area contributed by atoms with Crippen LogP contribution in [-0.2, 0) is 22.6 Å². The molecular weight excluding hydrogens is 258 g/mol. The molecule has 0 amide bonds. The monoisotopic (exact) mass is 285 g/mol. The minimum atomic E-state index is 0.151. The van der Waals surface area contributed by atoms with Crippen molar-refractivity contribution in [3.63, 3.8) is 0 Å². The van der Waals surface area contributed by atoms with Crippen molar-refractivity contribution in [2.24, 2.45) is 0 Å². The largest absolute Gasteiger partial charge is 0.379 e. The molecule has 1 unspecified atom stereocenters. The van der Waals surface area contributed by atoms with Crippen molar-refractivity contribution >= 4 is 11.3 Å². The Morgan fingerprint density at radius 2 is 1.95 bits per heavy atom. The van der Waals surface area contributed by atoms with Crippen molar-refractivity contribution in [2.45, 2.75) is 59.4 Å². The molecule has 0 saturated carbocycles. The van der Waals surface area contributed by atoms with Gasteiger partial charge in [0.25, 0.3) is 0 Å². The highest BCUT2D eigenvalue weighted by molar-refractivity contribution is 7.11. The molecule has 0 bridgehead atoms. The van der Waals surface area contributed by atoms with Gasteiger partial charge in [0.2, 0.25) is 0 Å². The maximum Gasteiger partial charge on any atom is 0.0814 e. The molecule has 3 nitrogen and oxygen atoms in total. The maximum absolute atomic E-state index is 5.75. The van der Waals surface area contributed by atoms with Crippen molar-refractivity contribution in [1.82, 2.24) is 5.32 Å². The molecule has 0 saturated heterocycles. The minimum Gasteiger partial charge on any atom is -0.379 e. The molecule has 1 heterocycles. The molecule has 110 valence electrons. The van der Waals surface area contributed by atoms with Gasteiger partial charge < -0.3 is 14.8 Å². The Hall–Kier alpha value is -0.420. The highest BCUT2D eigenvalue weighted by Crippen LogP contribution is 2.18. The zero-order chi connectivity index (χ0) is 14.3. The Kier molecular flexibility index (Phi) is 7.00. The first kappa shape index (κ1) is 16.6. The predicted octanol–water partition coefficient (Wildman–Crippen LogP) is 3.58. The molecule has 1 aromatic heterocycles. The first-order chi connectivity index (χ1) is 8.90. The first-order valence-corrected chi connectivity index (χ1v) is 7.74. The zero-order valence-electron chi connectivity index (χ0n) is 12.8. The van der Waals surface area contributed by atoms with Gasteiger partial charge in [0, 0.05) is 28.4 Å². The Morgan fingerprint density at radius 3 is 2.58 bits per heavy atom. The standard InChI is InChI=1S/C15H27NO2S/c1-6-17-10-12(2)18-11-14-8-7-13(19-14)9-16-15(3,4)5/h7-8,12,16H,6,9-11H2,1-5H3. The summed E-state index contributed by atoms with van der Waals surface area (Å²) in [6.45, 7) is 13.6. The van der Waals surface area contributed by atoms with Crippen LogP contribution in [0.5, 0.6) is 0 Å². The van der Waals surface area contributed by atoms with Crippen molar-refractivity contribution in [1.29, 1.82) is 0 Å². The lowest BCUT2D eigenvalue weighted by Gasteiger charge is -2.19. The zero-order valence-corrected chi connectivity index (χ0v) is 13.6. The summed E-state index contributed by atoms with van der Waals surface area (Å²) in [5.74, 6) is 0. The summed E-state index contributed by atoms with van der Waals surface area (Å²) in [5, 5.41) is 3.49. The van der Waals surface area contributed by atoms with E-state index in [0.29, 0.717) is 13.2 Å². The maximum atomic E-state index is 5.75. The minimum absolute atomic E-state index is 0.151. The quantitative estimate of drug-likeness (QED) is 0.792. The summed E-state index contributed by atoms with van der Waals surface area (Å²) < 4.78 is 11.1. The van der Waals surface area contributed by atoms with E-state index in [1.807, 2.05) is 25.2 Å². The van der Waals surface area contributed by atoms with Gasteiger partial charge in [-0.25, -0.2) is 0 Å². The van der Waals surface area contributed by atoms with Crippen LogP contribution in [0.25, 0.3) is 0 Å². The molecular formula is C15H27NO2S. The predicted molar refractivity (Wildman–Crippen MR) is 81.7 cm³/mol. The second kappa shape index (κ2) is 8.00. The third-order valence-electron chi connectivity index (χ3n) is 2.58.